The van der Waals surface area contributed by atoms with Crippen LogP contribution in [0.5, 0.6) is 11.5 Å². The van der Waals surface area contributed by atoms with Gasteiger partial charge in [-0.15, -0.1) is 0 Å². The van der Waals surface area contributed by atoms with E-state index in [0.29, 0.717) is 17.3 Å². The predicted molar refractivity (Wildman–Crippen MR) is 67.2 cm³/mol. The Morgan fingerprint density at radius 1 is 1.06 bits per heavy atom. The average molecular weight is 230 g/mol. The van der Waals surface area contributed by atoms with Gasteiger partial charge in [0.15, 0.2) is 11.5 Å². The highest BCUT2D eigenvalue weighted by Crippen LogP contribution is 2.33. The second kappa shape index (κ2) is 4.74. The van der Waals surface area contributed by atoms with Crippen LogP contribution in [0.3, 0.4) is 0 Å². The molecule has 88 valence electrons. The number of anilines is 1. The van der Waals surface area contributed by atoms with Gasteiger partial charge >= 0.3 is 0 Å². The molecule has 1 aromatic carbocycles. The first kappa shape index (κ1) is 11.3. The number of methoxy groups -OCH3 is 2. The normalized spacial score (nSPS) is 10.0. The lowest BCUT2D eigenvalue weighted by atomic mass is 10.1. The smallest absolute Gasteiger partial charge is 0.161 e. The maximum Gasteiger partial charge on any atom is 0.161 e. The van der Waals surface area contributed by atoms with Crippen LogP contribution in [0.15, 0.2) is 36.5 Å². The monoisotopic (exact) mass is 230 g/mol. The highest BCUT2D eigenvalue weighted by molar-refractivity contribution is 5.75. The van der Waals surface area contributed by atoms with Crippen molar-refractivity contribution in [3.8, 4) is 22.6 Å². The average Bonchev–Trinajstić information content (AvgIpc) is 2.38. The largest absolute Gasteiger partial charge is 0.493 e. The topological polar surface area (TPSA) is 57.4 Å². The number of hydrogen-bond acceptors (Lipinski definition) is 4. The van der Waals surface area contributed by atoms with Gasteiger partial charge in [-0.1, -0.05) is 6.07 Å². The van der Waals surface area contributed by atoms with Crippen molar-refractivity contribution in [2.24, 2.45) is 0 Å². The van der Waals surface area contributed by atoms with Gasteiger partial charge in [-0.25, -0.2) is 4.98 Å². The molecule has 2 aromatic rings. The van der Waals surface area contributed by atoms with Crippen molar-refractivity contribution in [1.29, 1.82) is 0 Å². The molecular formula is C13H14N2O2. The van der Waals surface area contributed by atoms with E-state index in [2.05, 4.69) is 4.98 Å². The van der Waals surface area contributed by atoms with Crippen LogP contribution in [-0.2, 0) is 0 Å². The van der Waals surface area contributed by atoms with Gasteiger partial charge in [0.05, 0.1) is 14.2 Å². The zero-order valence-corrected chi connectivity index (χ0v) is 9.81. The number of nitrogens with two attached hydrogens (primary N) is 1. The SMILES string of the molecule is COc1ccc(-c2cccnc2N)cc1OC. The Balaban J connectivity index is 2.50. The molecule has 1 heterocycles. The fourth-order valence-corrected chi connectivity index (χ4v) is 1.67. The number of nitrogens with zero attached hydrogens (tertiary/aromatic N) is 1. The fourth-order valence-electron chi connectivity index (χ4n) is 1.67. The van der Waals surface area contributed by atoms with Crippen molar-refractivity contribution in [2.45, 2.75) is 0 Å². The summed E-state index contributed by atoms with van der Waals surface area (Å²) in [5.41, 5.74) is 7.67. The van der Waals surface area contributed by atoms with E-state index >= 15 is 0 Å². The Morgan fingerprint density at radius 3 is 2.47 bits per heavy atom. The number of aromatic nitrogens is 1. The molecule has 4 nitrogen and oxygen atoms in total. The zero-order chi connectivity index (χ0) is 12.3. The second-order valence-electron chi connectivity index (χ2n) is 3.51. The lowest BCUT2D eigenvalue weighted by molar-refractivity contribution is 0.355. The minimum Gasteiger partial charge on any atom is -0.493 e. The summed E-state index contributed by atoms with van der Waals surface area (Å²) in [5.74, 6) is 1.87. The molecule has 0 amide bonds. The van der Waals surface area contributed by atoms with Crippen molar-refractivity contribution >= 4 is 5.82 Å². The van der Waals surface area contributed by atoms with Crippen LogP contribution in [0.2, 0.25) is 0 Å². The maximum atomic E-state index is 5.83. The first-order chi connectivity index (χ1) is 8.26. The molecule has 0 saturated heterocycles. The number of ether oxygens (including phenoxy) is 2. The van der Waals surface area contributed by atoms with E-state index in [9.17, 15) is 0 Å². The quantitative estimate of drug-likeness (QED) is 0.879. The molecule has 0 aliphatic heterocycles. The summed E-state index contributed by atoms with van der Waals surface area (Å²) in [6.07, 6.45) is 1.67. The zero-order valence-electron chi connectivity index (χ0n) is 9.81. The Kier molecular flexibility index (Phi) is 3.14. The molecule has 17 heavy (non-hydrogen) atoms. The molecular weight excluding hydrogens is 216 g/mol. The standard InChI is InChI=1S/C13H14N2O2/c1-16-11-6-5-9(8-12(11)17-2)10-4-3-7-15-13(10)14/h3-8H,1-2H3,(H2,14,15). The molecule has 0 radical (unpaired) electrons. The molecule has 0 aliphatic carbocycles. The van der Waals surface area contributed by atoms with Gasteiger partial charge in [0, 0.05) is 11.8 Å². The molecule has 2 rings (SSSR count). The number of nitrogen functional groups attached to an aromatic ring is 1. The van der Waals surface area contributed by atoms with E-state index < -0.39 is 0 Å². The maximum absolute atomic E-state index is 5.83. The van der Waals surface area contributed by atoms with Crippen molar-refractivity contribution in [3.05, 3.63) is 36.5 Å². The third-order valence-electron chi connectivity index (χ3n) is 2.53. The Labute approximate surface area is 100 Å². The summed E-state index contributed by atoms with van der Waals surface area (Å²) in [6, 6.07) is 9.42. The van der Waals surface area contributed by atoms with Crippen molar-refractivity contribution in [1.82, 2.24) is 4.98 Å². The van der Waals surface area contributed by atoms with Gasteiger partial charge in [-0.05, 0) is 29.8 Å². The predicted octanol–water partition coefficient (Wildman–Crippen LogP) is 2.35. The first-order valence-electron chi connectivity index (χ1n) is 5.19. The summed E-state index contributed by atoms with van der Waals surface area (Å²) >= 11 is 0. The highest BCUT2D eigenvalue weighted by atomic mass is 16.5. The molecule has 0 fully saturated rings. The number of hydrogen-bond donors (Lipinski definition) is 1. The summed E-state index contributed by atoms with van der Waals surface area (Å²) in [7, 11) is 3.21. The molecule has 0 unspecified atom stereocenters. The van der Waals surface area contributed by atoms with E-state index in [4.69, 9.17) is 15.2 Å². The minimum absolute atomic E-state index is 0.500. The number of pyridine rings is 1. The summed E-state index contributed by atoms with van der Waals surface area (Å²) in [5, 5.41) is 0. The fraction of sp³-hybridized carbons (Fsp3) is 0.154. The van der Waals surface area contributed by atoms with E-state index in [1.54, 1.807) is 20.4 Å². The summed E-state index contributed by atoms with van der Waals surface area (Å²) in [4.78, 5) is 4.06. The van der Waals surface area contributed by atoms with Gasteiger partial charge in [0.1, 0.15) is 5.82 Å². The number of benzene rings is 1. The van der Waals surface area contributed by atoms with Crippen LogP contribution < -0.4 is 15.2 Å². The molecule has 1 aromatic heterocycles. The summed E-state index contributed by atoms with van der Waals surface area (Å²) in [6.45, 7) is 0. The Hall–Kier alpha value is -2.23. The molecule has 0 aliphatic rings. The molecule has 0 bridgehead atoms. The van der Waals surface area contributed by atoms with Crippen LogP contribution in [0, 0.1) is 0 Å². The van der Waals surface area contributed by atoms with Crippen molar-refractivity contribution < 1.29 is 9.47 Å². The van der Waals surface area contributed by atoms with Crippen LogP contribution in [0.25, 0.3) is 11.1 Å². The van der Waals surface area contributed by atoms with E-state index in [0.717, 1.165) is 11.1 Å². The third kappa shape index (κ3) is 2.15. The Bertz CT molecular complexity index is 527. The second-order valence-corrected chi connectivity index (χ2v) is 3.51. The van der Waals surface area contributed by atoms with Crippen molar-refractivity contribution in [2.75, 3.05) is 20.0 Å². The van der Waals surface area contributed by atoms with Crippen LogP contribution in [0.4, 0.5) is 5.82 Å². The molecule has 4 heteroatoms. The highest BCUT2D eigenvalue weighted by Gasteiger charge is 2.08. The lowest BCUT2D eigenvalue weighted by Gasteiger charge is -2.10. The number of rotatable bonds is 3. The first-order valence-corrected chi connectivity index (χ1v) is 5.19. The molecule has 2 N–H and O–H groups in total. The van der Waals surface area contributed by atoms with Gasteiger partial charge < -0.3 is 15.2 Å². The van der Waals surface area contributed by atoms with Crippen LogP contribution >= 0.6 is 0 Å². The summed E-state index contributed by atoms with van der Waals surface area (Å²) < 4.78 is 10.4. The van der Waals surface area contributed by atoms with Crippen molar-refractivity contribution in [3.63, 3.8) is 0 Å². The van der Waals surface area contributed by atoms with Crippen LogP contribution in [-0.4, -0.2) is 19.2 Å². The lowest BCUT2D eigenvalue weighted by Crippen LogP contribution is -1.94. The third-order valence-corrected chi connectivity index (χ3v) is 2.53. The Morgan fingerprint density at radius 2 is 1.82 bits per heavy atom. The van der Waals surface area contributed by atoms with E-state index in [1.807, 2.05) is 30.3 Å². The van der Waals surface area contributed by atoms with Crippen LogP contribution in [0.1, 0.15) is 0 Å². The molecule has 0 atom stereocenters. The van der Waals surface area contributed by atoms with Gasteiger partial charge in [-0.2, -0.15) is 0 Å². The van der Waals surface area contributed by atoms with Gasteiger partial charge in [0.25, 0.3) is 0 Å². The molecule has 0 spiro atoms. The molecule has 0 saturated carbocycles. The van der Waals surface area contributed by atoms with Gasteiger partial charge in [-0.3, -0.25) is 0 Å². The van der Waals surface area contributed by atoms with E-state index in [1.165, 1.54) is 0 Å². The minimum atomic E-state index is 0.500. The van der Waals surface area contributed by atoms with E-state index in [-0.39, 0.29) is 0 Å². The van der Waals surface area contributed by atoms with Gasteiger partial charge in [0.2, 0.25) is 0 Å².